The highest BCUT2D eigenvalue weighted by molar-refractivity contribution is 8.00. The van der Waals surface area contributed by atoms with Crippen molar-refractivity contribution in [3.05, 3.63) is 54.1 Å². The Morgan fingerprint density at radius 2 is 1.96 bits per heavy atom. The van der Waals surface area contributed by atoms with Gasteiger partial charge in [0.2, 0.25) is 11.8 Å². The highest BCUT2D eigenvalue weighted by Gasteiger charge is 2.40. The molecule has 2 amide bonds. The molecule has 0 aromatic heterocycles. The number of carbonyl (C=O) groups excluding carboxylic acids is 2. The Labute approximate surface area is 137 Å². The molecule has 23 heavy (non-hydrogen) atoms. The van der Waals surface area contributed by atoms with Crippen molar-refractivity contribution >= 4 is 35.0 Å². The van der Waals surface area contributed by atoms with Gasteiger partial charge in [-0.2, -0.15) is 5.26 Å². The molecule has 6 heteroatoms. The molecular weight excluding hydrogens is 310 g/mol. The summed E-state index contributed by atoms with van der Waals surface area (Å²) in [4.78, 5) is 26.8. The Balaban J connectivity index is 1.85. The number of hydrogen-bond acceptors (Lipinski definition) is 5. The molecule has 3 rings (SSSR count). The van der Waals surface area contributed by atoms with E-state index in [2.05, 4.69) is 0 Å². The van der Waals surface area contributed by atoms with E-state index in [9.17, 15) is 9.59 Å². The summed E-state index contributed by atoms with van der Waals surface area (Å²) in [7, 11) is 0. The van der Waals surface area contributed by atoms with Crippen LogP contribution in [-0.2, 0) is 9.59 Å². The number of hydrogen-bond donors (Lipinski definition) is 1. The Bertz CT molecular complexity index is 829. The van der Waals surface area contributed by atoms with Crippen LogP contribution in [-0.4, -0.2) is 17.1 Å². The number of thioether (sulfide) groups is 1. The number of benzene rings is 2. The summed E-state index contributed by atoms with van der Waals surface area (Å²) >= 11 is 1.30. The van der Waals surface area contributed by atoms with Gasteiger partial charge in [0, 0.05) is 17.0 Å². The summed E-state index contributed by atoms with van der Waals surface area (Å²) in [6.07, 6.45) is 0.120. The SMILES string of the molecule is N#Cc1cccc(N2C(=O)C[C@@H](Sc3ccccc3N)C2=O)c1. The second kappa shape index (κ2) is 6.15. The molecule has 1 aliphatic heterocycles. The third-order valence-corrected chi connectivity index (χ3v) is 4.81. The van der Waals surface area contributed by atoms with Gasteiger partial charge in [0.15, 0.2) is 0 Å². The zero-order valence-corrected chi connectivity index (χ0v) is 12.9. The second-order valence-corrected chi connectivity index (χ2v) is 6.32. The maximum atomic E-state index is 12.6. The standard InChI is InChI=1S/C17H13N3O2S/c18-10-11-4-3-5-12(8-11)20-16(21)9-15(17(20)22)23-14-7-2-1-6-13(14)19/h1-8,15H,9,19H2/t15-/m1/s1. The van der Waals surface area contributed by atoms with Gasteiger partial charge >= 0.3 is 0 Å². The van der Waals surface area contributed by atoms with Gasteiger partial charge in [0.1, 0.15) is 0 Å². The second-order valence-electron chi connectivity index (χ2n) is 5.08. The Morgan fingerprint density at radius 1 is 1.17 bits per heavy atom. The van der Waals surface area contributed by atoms with E-state index < -0.39 is 5.25 Å². The first-order valence-electron chi connectivity index (χ1n) is 6.98. The summed E-state index contributed by atoms with van der Waals surface area (Å²) in [5.74, 6) is -0.546. The number of amides is 2. The van der Waals surface area contributed by atoms with Gasteiger partial charge in [-0.3, -0.25) is 9.59 Å². The summed E-state index contributed by atoms with van der Waals surface area (Å²) in [5, 5.41) is 8.46. The molecule has 0 spiro atoms. The summed E-state index contributed by atoms with van der Waals surface area (Å²) in [6.45, 7) is 0. The third-order valence-electron chi connectivity index (χ3n) is 3.53. The fourth-order valence-electron chi connectivity index (χ4n) is 2.42. The van der Waals surface area contributed by atoms with Crippen LogP contribution in [0.2, 0.25) is 0 Å². The molecule has 1 heterocycles. The van der Waals surface area contributed by atoms with Crippen molar-refractivity contribution in [2.24, 2.45) is 0 Å². The van der Waals surface area contributed by atoms with E-state index in [1.807, 2.05) is 24.3 Å². The molecule has 1 atom stereocenters. The Kier molecular flexibility index (Phi) is 4.04. The van der Waals surface area contributed by atoms with Crippen LogP contribution in [0.25, 0.3) is 0 Å². The largest absolute Gasteiger partial charge is 0.398 e. The van der Waals surface area contributed by atoms with Crippen LogP contribution in [0.5, 0.6) is 0 Å². The van der Waals surface area contributed by atoms with Crippen molar-refractivity contribution in [1.29, 1.82) is 5.26 Å². The molecule has 0 unspecified atom stereocenters. The highest BCUT2D eigenvalue weighted by atomic mass is 32.2. The lowest BCUT2D eigenvalue weighted by Gasteiger charge is -2.15. The number of nitriles is 1. The Hall–Kier alpha value is -2.78. The lowest BCUT2D eigenvalue weighted by atomic mass is 10.2. The number of carbonyl (C=O) groups is 2. The minimum Gasteiger partial charge on any atom is -0.398 e. The molecule has 2 aromatic carbocycles. The molecule has 0 radical (unpaired) electrons. The number of nitrogen functional groups attached to an aromatic ring is 1. The zero-order chi connectivity index (χ0) is 16.4. The summed E-state index contributed by atoms with van der Waals surface area (Å²) < 4.78 is 0. The number of para-hydroxylation sites is 1. The van der Waals surface area contributed by atoms with Crippen LogP contribution < -0.4 is 10.6 Å². The van der Waals surface area contributed by atoms with Gasteiger partial charge in [-0.05, 0) is 30.3 Å². The van der Waals surface area contributed by atoms with Crippen molar-refractivity contribution in [1.82, 2.24) is 0 Å². The normalized spacial score (nSPS) is 17.3. The smallest absolute Gasteiger partial charge is 0.247 e. The number of anilines is 2. The molecular formula is C17H13N3O2S. The van der Waals surface area contributed by atoms with Crippen LogP contribution in [0.1, 0.15) is 12.0 Å². The van der Waals surface area contributed by atoms with Gasteiger partial charge in [-0.1, -0.05) is 18.2 Å². The van der Waals surface area contributed by atoms with E-state index >= 15 is 0 Å². The predicted molar refractivity (Wildman–Crippen MR) is 88.8 cm³/mol. The molecule has 1 aliphatic rings. The van der Waals surface area contributed by atoms with Gasteiger partial charge in [-0.25, -0.2) is 4.90 Å². The van der Waals surface area contributed by atoms with Gasteiger partial charge in [-0.15, -0.1) is 11.8 Å². The molecule has 5 nitrogen and oxygen atoms in total. The van der Waals surface area contributed by atoms with Crippen molar-refractivity contribution in [2.75, 3.05) is 10.6 Å². The Morgan fingerprint density at radius 3 is 2.70 bits per heavy atom. The van der Waals surface area contributed by atoms with E-state index in [0.29, 0.717) is 16.9 Å². The zero-order valence-electron chi connectivity index (χ0n) is 12.1. The van der Waals surface area contributed by atoms with Crippen LogP contribution in [0, 0.1) is 11.3 Å². The maximum Gasteiger partial charge on any atom is 0.247 e. The lowest BCUT2D eigenvalue weighted by Crippen LogP contribution is -2.31. The van der Waals surface area contributed by atoms with Crippen molar-refractivity contribution in [3.63, 3.8) is 0 Å². The monoisotopic (exact) mass is 323 g/mol. The van der Waals surface area contributed by atoms with E-state index in [1.165, 1.54) is 11.8 Å². The third kappa shape index (κ3) is 2.91. The summed E-state index contributed by atoms with van der Waals surface area (Å²) in [5.41, 5.74) is 7.32. The van der Waals surface area contributed by atoms with E-state index in [1.54, 1.807) is 30.3 Å². The minimum absolute atomic E-state index is 0.120. The van der Waals surface area contributed by atoms with E-state index in [4.69, 9.17) is 11.0 Å². The van der Waals surface area contributed by atoms with E-state index in [0.717, 1.165) is 9.80 Å². The average molecular weight is 323 g/mol. The molecule has 0 bridgehead atoms. The molecule has 2 aromatic rings. The lowest BCUT2D eigenvalue weighted by molar-refractivity contribution is -0.121. The number of nitrogens with two attached hydrogens (primary N) is 1. The fourth-order valence-corrected chi connectivity index (χ4v) is 3.52. The fraction of sp³-hybridized carbons (Fsp3) is 0.118. The first-order valence-corrected chi connectivity index (χ1v) is 7.86. The molecule has 2 N–H and O–H groups in total. The first-order chi connectivity index (χ1) is 11.1. The van der Waals surface area contributed by atoms with Crippen molar-refractivity contribution in [3.8, 4) is 6.07 Å². The van der Waals surface area contributed by atoms with Crippen LogP contribution in [0.4, 0.5) is 11.4 Å². The molecule has 114 valence electrons. The highest BCUT2D eigenvalue weighted by Crippen LogP contribution is 2.36. The average Bonchev–Trinajstić information content (AvgIpc) is 2.83. The van der Waals surface area contributed by atoms with Gasteiger partial charge < -0.3 is 5.73 Å². The first kappa shape index (κ1) is 15.1. The molecule has 0 aliphatic carbocycles. The van der Waals surface area contributed by atoms with Crippen molar-refractivity contribution < 1.29 is 9.59 Å². The topological polar surface area (TPSA) is 87.2 Å². The minimum atomic E-state index is -0.502. The van der Waals surface area contributed by atoms with Crippen LogP contribution >= 0.6 is 11.8 Å². The number of rotatable bonds is 3. The molecule has 0 saturated carbocycles. The summed E-state index contributed by atoms with van der Waals surface area (Å²) in [6, 6.07) is 15.7. The van der Waals surface area contributed by atoms with Crippen molar-refractivity contribution in [2.45, 2.75) is 16.6 Å². The van der Waals surface area contributed by atoms with E-state index in [-0.39, 0.29) is 18.2 Å². The predicted octanol–water partition coefficient (Wildman–Crippen LogP) is 2.56. The molecule has 1 fully saturated rings. The van der Waals surface area contributed by atoms with Crippen LogP contribution in [0.15, 0.2) is 53.4 Å². The van der Waals surface area contributed by atoms with Gasteiger partial charge in [0.05, 0.1) is 22.6 Å². The van der Waals surface area contributed by atoms with Gasteiger partial charge in [0.25, 0.3) is 0 Å². The maximum absolute atomic E-state index is 12.6. The molecule has 1 saturated heterocycles. The number of nitrogens with zero attached hydrogens (tertiary/aromatic N) is 2. The quantitative estimate of drug-likeness (QED) is 0.693. The number of imide groups is 1. The van der Waals surface area contributed by atoms with Crippen LogP contribution in [0.3, 0.4) is 0 Å².